The highest BCUT2D eigenvalue weighted by Gasteiger charge is 2.33. The maximum absolute atomic E-state index is 14.6. The molecule has 0 radical (unpaired) electrons. The molecule has 1 aliphatic heterocycles. The maximum atomic E-state index is 14.6. The van der Waals surface area contributed by atoms with Crippen LogP contribution in [0.3, 0.4) is 0 Å². The van der Waals surface area contributed by atoms with Crippen LogP contribution in [0.1, 0.15) is 30.0 Å². The summed E-state index contributed by atoms with van der Waals surface area (Å²) in [7, 11) is 0. The van der Waals surface area contributed by atoms with E-state index >= 15 is 0 Å². The molecule has 1 saturated carbocycles. The second-order valence-electron chi connectivity index (χ2n) is 9.38. The minimum Gasteiger partial charge on any atom is -0.505 e. The molecule has 0 amide bonds. The van der Waals surface area contributed by atoms with Gasteiger partial charge in [0.15, 0.2) is 28.8 Å². The molecule has 1 atom stereocenters. The molecule has 0 saturated heterocycles. The van der Waals surface area contributed by atoms with E-state index in [4.69, 9.17) is 14.9 Å². The van der Waals surface area contributed by atoms with Gasteiger partial charge in [0.05, 0.1) is 23.9 Å². The first-order valence-corrected chi connectivity index (χ1v) is 12.4. The van der Waals surface area contributed by atoms with Gasteiger partial charge in [-0.05, 0) is 54.8 Å². The van der Waals surface area contributed by atoms with Crippen LogP contribution >= 0.6 is 0 Å². The summed E-state index contributed by atoms with van der Waals surface area (Å²) in [5.74, 6) is -4.09. The molecule has 3 heterocycles. The van der Waals surface area contributed by atoms with Gasteiger partial charge in [0.25, 0.3) is 0 Å². The summed E-state index contributed by atoms with van der Waals surface area (Å²) in [6.07, 6.45) is 3.23. The Bertz CT molecular complexity index is 1820. The fraction of sp³-hybridized carbons (Fsp3) is 0.185. The van der Waals surface area contributed by atoms with Gasteiger partial charge in [-0.15, -0.1) is 0 Å². The Balaban J connectivity index is 1.27. The van der Waals surface area contributed by atoms with E-state index < -0.39 is 47.6 Å². The molecule has 6 rings (SSSR count). The zero-order chi connectivity index (χ0) is 28.8. The van der Waals surface area contributed by atoms with Crippen molar-refractivity contribution >= 4 is 17.2 Å². The van der Waals surface area contributed by atoms with Gasteiger partial charge in [-0.3, -0.25) is 5.41 Å². The van der Waals surface area contributed by atoms with Crippen molar-refractivity contribution in [3.63, 3.8) is 0 Å². The lowest BCUT2D eigenvalue weighted by Crippen LogP contribution is -2.28. The van der Waals surface area contributed by atoms with E-state index in [1.165, 1.54) is 40.1 Å². The standard InChI is InChI=1S/C27H22F2N6O6/c28-15-5-8-18(17(29)9-15)35-26-20(21(33-35)14-3-4-14)25(30)34(12-31-26)32-10-13-1-6-16(7-2-13)40-27-24(39)23(38)22(37)19(11-36)41-27/h1-2,5-10,12,14,19,30,36-39H,3-4,11H2/b30-25?,32-10-. The van der Waals surface area contributed by atoms with Crippen molar-refractivity contribution in [1.82, 2.24) is 19.4 Å². The van der Waals surface area contributed by atoms with Crippen molar-refractivity contribution in [1.29, 1.82) is 5.41 Å². The molecule has 14 heteroatoms. The van der Waals surface area contributed by atoms with Crippen molar-refractivity contribution < 1.29 is 38.7 Å². The average Bonchev–Trinajstić information content (AvgIpc) is 3.74. The van der Waals surface area contributed by atoms with Crippen LogP contribution in [-0.4, -0.2) is 58.8 Å². The number of rotatable bonds is 7. The number of ether oxygens (including phenoxy) is 2. The quantitative estimate of drug-likeness (QED) is 0.212. The summed E-state index contributed by atoms with van der Waals surface area (Å²) in [6.45, 7) is -0.659. The van der Waals surface area contributed by atoms with Gasteiger partial charge in [0.1, 0.15) is 23.6 Å². The topological polar surface area (TPSA) is 171 Å². The Morgan fingerprint density at radius 3 is 2.54 bits per heavy atom. The van der Waals surface area contributed by atoms with E-state index in [1.54, 1.807) is 12.1 Å². The Morgan fingerprint density at radius 1 is 1.10 bits per heavy atom. The van der Waals surface area contributed by atoms with E-state index in [1.807, 2.05) is 0 Å². The minimum atomic E-state index is -1.29. The molecule has 210 valence electrons. The van der Waals surface area contributed by atoms with E-state index in [9.17, 15) is 29.2 Å². The Morgan fingerprint density at radius 2 is 1.85 bits per heavy atom. The van der Waals surface area contributed by atoms with Crippen molar-refractivity contribution in [3.8, 4) is 11.4 Å². The summed E-state index contributed by atoms with van der Waals surface area (Å²) in [5.41, 5.74) is 1.49. The highest BCUT2D eigenvalue weighted by Crippen LogP contribution is 2.41. The number of benzene rings is 2. The van der Waals surface area contributed by atoms with Crippen LogP contribution in [0.15, 0.2) is 77.1 Å². The molecule has 1 unspecified atom stereocenters. The normalized spacial score (nSPS) is 17.5. The molecule has 12 nitrogen and oxygen atoms in total. The van der Waals surface area contributed by atoms with Crippen LogP contribution in [0.2, 0.25) is 0 Å². The summed E-state index contributed by atoms with van der Waals surface area (Å²) in [4.78, 5) is 4.38. The Labute approximate surface area is 229 Å². The highest BCUT2D eigenvalue weighted by atomic mass is 19.1. The number of aromatic nitrogens is 4. The molecule has 2 aromatic carbocycles. The predicted molar refractivity (Wildman–Crippen MR) is 139 cm³/mol. The molecule has 4 aromatic rings. The minimum absolute atomic E-state index is 0.00622. The van der Waals surface area contributed by atoms with Gasteiger partial charge in [0.2, 0.25) is 11.5 Å². The average molecular weight is 565 g/mol. The molecule has 1 fully saturated rings. The maximum Gasteiger partial charge on any atom is 0.333 e. The van der Waals surface area contributed by atoms with Crippen LogP contribution in [0.4, 0.5) is 8.78 Å². The van der Waals surface area contributed by atoms with Crippen LogP contribution in [0.5, 0.6) is 5.75 Å². The number of aliphatic hydroxyl groups excluding tert-OH is 4. The lowest BCUT2D eigenvalue weighted by atomic mass is 10.2. The van der Waals surface area contributed by atoms with Crippen molar-refractivity contribution in [2.75, 3.05) is 6.61 Å². The van der Waals surface area contributed by atoms with Gasteiger partial charge in [-0.1, -0.05) is 0 Å². The summed E-state index contributed by atoms with van der Waals surface area (Å²) < 4.78 is 41.2. The zero-order valence-electron chi connectivity index (χ0n) is 21.1. The summed E-state index contributed by atoms with van der Waals surface area (Å²) in [5, 5.41) is 56.8. The first kappa shape index (κ1) is 26.0. The lowest BCUT2D eigenvalue weighted by Gasteiger charge is -2.23. The smallest absolute Gasteiger partial charge is 0.333 e. The third-order valence-electron chi connectivity index (χ3n) is 6.55. The van der Waals surface area contributed by atoms with Crippen LogP contribution < -0.4 is 10.2 Å². The molecular formula is C27H22F2N6O6. The number of nitrogens with one attached hydrogen (secondary N) is 1. The molecule has 5 N–H and O–H groups in total. The largest absolute Gasteiger partial charge is 0.505 e. The van der Waals surface area contributed by atoms with E-state index in [-0.39, 0.29) is 28.5 Å². The molecule has 2 aliphatic rings. The molecule has 2 aromatic heterocycles. The number of aliphatic hydroxyl groups is 4. The van der Waals surface area contributed by atoms with Gasteiger partial charge < -0.3 is 29.9 Å². The summed E-state index contributed by atoms with van der Waals surface area (Å²) >= 11 is 0. The molecule has 41 heavy (non-hydrogen) atoms. The molecule has 1 aliphatic carbocycles. The second-order valence-corrected chi connectivity index (χ2v) is 9.38. The van der Waals surface area contributed by atoms with Crippen LogP contribution in [0.25, 0.3) is 16.7 Å². The van der Waals surface area contributed by atoms with Gasteiger partial charge in [0, 0.05) is 12.0 Å². The molecular weight excluding hydrogens is 542 g/mol. The number of hydrogen-bond donors (Lipinski definition) is 5. The van der Waals surface area contributed by atoms with Gasteiger partial charge >= 0.3 is 5.95 Å². The molecule has 0 bridgehead atoms. The van der Waals surface area contributed by atoms with Crippen LogP contribution in [-0.2, 0) is 4.74 Å². The number of nitrogens with zero attached hydrogens (tertiary/aromatic N) is 5. The first-order valence-electron chi connectivity index (χ1n) is 12.4. The Hall–Kier alpha value is -5.24. The fourth-order valence-electron chi connectivity index (χ4n) is 4.27. The SMILES string of the molecule is N=c1c2c(C3CC3)nn(-c3ccc(F)cc3F)c2ncn1/N=C\c1ccc(OC2=C(O)C(O)=C(O)C(CO)O2)cc1. The highest BCUT2D eigenvalue weighted by molar-refractivity contribution is 5.81. The number of halogens is 2. The van der Waals surface area contributed by atoms with Gasteiger partial charge in [-0.25, -0.2) is 23.1 Å². The van der Waals surface area contributed by atoms with Crippen molar-refractivity contribution in [2.45, 2.75) is 24.9 Å². The fourth-order valence-corrected chi connectivity index (χ4v) is 4.27. The van der Waals surface area contributed by atoms with Gasteiger partial charge in [-0.2, -0.15) is 10.2 Å². The van der Waals surface area contributed by atoms with Crippen molar-refractivity contribution in [2.24, 2.45) is 5.10 Å². The monoisotopic (exact) mass is 564 g/mol. The molecule has 0 spiro atoms. The number of hydrogen-bond acceptors (Lipinski definition) is 10. The number of fused-ring (bicyclic) bond motifs is 1. The van der Waals surface area contributed by atoms with Crippen LogP contribution in [0, 0.1) is 17.0 Å². The van der Waals surface area contributed by atoms with E-state index in [2.05, 4.69) is 15.2 Å². The predicted octanol–water partition coefficient (Wildman–Crippen LogP) is 3.56. The zero-order valence-corrected chi connectivity index (χ0v) is 21.1. The third-order valence-corrected chi connectivity index (χ3v) is 6.55. The second kappa shape index (κ2) is 10.1. The summed E-state index contributed by atoms with van der Waals surface area (Å²) in [6, 6.07) is 9.47. The van der Waals surface area contributed by atoms with E-state index in [0.717, 1.165) is 25.0 Å². The lowest BCUT2D eigenvalue weighted by molar-refractivity contribution is -0.0175. The third kappa shape index (κ3) is 4.74. The Kier molecular flexibility index (Phi) is 6.38. The van der Waals surface area contributed by atoms with Crippen molar-refractivity contribution in [3.05, 3.63) is 100 Å². The van der Waals surface area contributed by atoms with E-state index in [0.29, 0.717) is 16.6 Å². The first-order chi connectivity index (χ1) is 19.7.